The summed E-state index contributed by atoms with van der Waals surface area (Å²) in [6, 6.07) is 6.75. The predicted molar refractivity (Wildman–Crippen MR) is 107 cm³/mol. The summed E-state index contributed by atoms with van der Waals surface area (Å²) in [7, 11) is -6.78. The third-order valence-corrected chi connectivity index (χ3v) is 9.76. The van der Waals surface area contributed by atoms with Crippen LogP contribution in [0.25, 0.3) is 0 Å². The summed E-state index contributed by atoms with van der Waals surface area (Å²) < 4.78 is 52.9. The van der Waals surface area contributed by atoms with Gasteiger partial charge in [0.05, 0.1) is 15.9 Å². The highest BCUT2D eigenvalue weighted by Crippen LogP contribution is 2.30. The standard InChI is InChI=1S/C19H30N2O4S2/c1-15(2)14-20-12-13-26(22,23)19-9-11-21(10-8-18(19)20)27(24,25)17-6-4-16(3)5-7-17/h4-7,15,18-19H,8-14H2,1-3H3/t18-,19-/m0/s1. The molecule has 27 heavy (non-hydrogen) atoms. The Morgan fingerprint density at radius 3 is 2.33 bits per heavy atom. The number of fused-ring (bicyclic) bond motifs is 1. The van der Waals surface area contributed by atoms with Gasteiger partial charge in [0, 0.05) is 32.2 Å². The van der Waals surface area contributed by atoms with Crippen molar-refractivity contribution >= 4 is 19.9 Å². The lowest BCUT2D eigenvalue weighted by Crippen LogP contribution is -2.55. The molecule has 152 valence electrons. The third kappa shape index (κ3) is 4.39. The van der Waals surface area contributed by atoms with Gasteiger partial charge in [-0.1, -0.05) is 31.5 Å². The number of hydrogen-bond donors (Lipinski definition) is 0. The predicted octanol–water partition coefficient (Wildman–Crippen LogP) is 1.90. The minimum Gasteiger partial charge on any atom is -0.298 e. The number of rotatable bonds is 4. The summed E-state index contributed by atoms with van der Waals surface area (Å²) in [5.41, 5.74) is 1.01. The molecule has 0 amide bonds. The fourth-order valence-electron chi connectivity index (χ4n) is 4.23. The first-order chi connectivity index (χ1) is 12.6. The Morgan fingerprint density at radius 2 is 1.70 bits per heavy atom. The zero-order chi connectivity index (χ0) is 19.8. The van der Waals surface area contributed by atoms with Crippen LogP contribution >= 0.6 is 0 Å². The third-order valence-electron chi connectivity index (χ3n) is 5.62. The topological polar surface area (TPSA) is 74.8 Å². The van der Waals surface area contributed by atoms with Crippen LogP contribution in [-0.4, -0.2) is 69.3 Å². The first-order valence-corrected chi connectivity index (χ1v) is 12.8. The average Bonchev–Trinajstić information content (AvgIpc) is 2.82. The molecule has 8 heteroatoms. The highest BCUT2D eigenvalue weighted by atomic mass is 32.2. The summed E-state index contributed by atoms with van der Waals surface area (Å²) in [6.45, 7) is 8.19. The lowest BCUT2D eigenvalue weighted by Gasteiger charge is -2.40. The van der Waals surface area contributed by atoms with Gasteiger partial charge in [-0.3, -0.25) is 4.90 Å². The molecule has 6 nitrogen and oxygen atoms in total. The molecule has 0 radical (unpaired) electrons. The van der Waals surface area contributed by atoms with Gasteiger partial charge in [-0.25, -0.2) is 16.8 Å². The van der Waals surface area contributed by atoms with E-state index in [1.165, 1.54) is 4.31 Å². The normalized spacial score (nSPS) is 27.3. The van der Waals surface area contributed by atoms with Crippen LogP contribution < -0.4 is 0 Å². The SMILES string of the molecule is Cc1ccc(S(=O)(=O)N2CC[C@H]3[C@H](CC2)S(=O)(=O)CCN3CC(C)C)cc1. The summed E-state index contributed by atoms with van der Waals surface area (Å²) in [6.07, 6.45) is 0.925. The summed E-state index contributed by atoms with van der Waals surface area (Å²) in [4.78, 5) is 2.54. The van der Waals surface area contributed by atoms with E-state index >= 15 is 0 Å². The summed E-state index contributed by atoms with van der Waals surface area (Å²) in [5.74, 6) is 0.619. The second-order valence-corrected chi connectivity index (χ2v) is 12.4. The van der Waals surface area contributed by atoms with E-state index in [0.29, 0.717) is 31.8 Å². The Kier molecular flexibility index (Phi) is 6.01. The first-order valence-electron chi connectivity index (χ1n) is 9.63. The van der Waals surface area contributed by atoms with Crippen LogP contribution in [0, 0.1) is 12.8 Å². The number of sulfone groups is 1. The lowest BCUT2D eigenvalue weighted by molar-refractivity contribution is 0.163. The van der Waals surface area contributed by atoms with Crippen molar-refractivity contribution < 1.29 is 16.8 Å². The molecule has 0 bridgehead atoms. The molecule has 0 aliphatic carbocycles. The van der Waals surface area contributed by atoms with Crippen LogP contribution in [0.2, 0.25) is 0 Å². The maximum Gasteiger partial charge on any atom is 0.243 e. The van der Waals surface area contributed by atoms with Crippen molar-refractivity contribution in [2.24, 2.45) is 5.92 Å². The molecule has 2 aliphatic rings. The molecule has 2 atom stereocenters. The molecule has 2 aliphatic heterocycles. The zero-order valence-electron chi connectivity index (χ0n) is 16.3. The van der Waals surface area contributed by atoms with Crippen LogP contribution in [0.5, 0.6) is 0 Å². The summed E-state index contributed by atoms with van der Waals surface area (Å²) in [5, 5.41) is -0.469. The van der Waals surface area contributed by atoms with Gasteiger partial charge in [0.2, 0.25) is 10.0 Å². The van der Waals surface area contributed by atoms with Crippen LogP contribution in [0.3, 0.4) is 0 Å². The van der Waals surface area contributed by atoms with Crippen LogP contribution in [0.1, 0.15) is 32.3 Å². The van der Waals surface area contributed by atoms with Crippen LogP contribution in [0.15, 0.2) is 29.2 Å². The number of benzene rings is 1. The Morgan fingerprint density at radius 1 is 1.07 bits per heavy atom. The van der Waals surface area contributed by atoms with Crippen molar-refractivity contribution in [1.29, 1.82) is 0 Å². The number of sulfonamides is 1. The molecule has 1 aromatic rings. The first kappa shape index (κ1) is 20.8. The maximum absolute atomic E-state index is 13.0. The molecular formula is C19H30N2O4S2. The quantitative estimate of drug-likeness (QED) is 0.752. The van der Waals surface area contributed by atoms with Gasteiger partial charge in [0.15, 0.2) is 9.84 Å². The molecule has 0 unspecified atom stereocenters. The van der Waals surface area contributed by atoms with Gasteiger partial charge >= 0.3 is 0 Å². The second-order valence-electron chi connectivity index (χ2n) is 8.16. The lowest BCUT2D eigenvalue weighted by atomic mass is 10.0. The van der Waals surface area contributed by atoms with E-state index in [4.69, 9.17) is 0 Å². The molecule has 0 spiro atoms. The van der Waals surface area contributed by atoms with Crippen molar-refractivity contribution in [2.75, 3.05) is 31.9 Å². The van der Waals surface area contributed by atoms with Gasteiger partial charge in [-0.2, -0.15) is 4.31 Å². The second kappa shape index (κ2) is 7.81. The Bertz CT molecular complexity index is 863. The highest BCUT2D eigenvalue weighted by Gasteiger charge is 2.44. The minimum atomic E-state index is -3.60. The summed E-state index contributed by atoms with van der Waals surface area (Å²) >= 11 is 0. The average molecular weight is 415 g/mol. The van der Waals surface area contributed by atoms with E-state index in [2.05, 4.69) is 18.7 Å². The maximum atomic E-state index is 13.0. The number of aryl methyl sites for hydroxylation is 1. The zero-order valence-corrected chi connectivity index (χ0v) is 18.0. The van der Waals surface area contributed by atoms with Gasteiger partial charge < -0.3 is 0 Å². The van der Waals surface area contributed by atoms with E-state index in [1.807, 2.05) is 6.92 Å². The van der Waals surface area contributed by atoms with Crippen molar-refractivity contribution in [2.45, 2.75) is 49.8 Å². The molecule has 2 saturated heterocycles. The molecule has 0 N–H and O–H groups in total. The molecule has 2 heterocycles. The molecule has 0 aromatic heterocycles. The largest absolute Gasteiger partial charge is 0.298 e. The van der Waals surface area contributed by atoms with Gasteiger partial charge in [0.25, 0.3) is 0 Å². The van der Waals surface area contributed by atoms with Crippen molar-refractivity contribution in [1.82, 2.24) is 9.21 Å². The number of hydrogen-bond acceptors (Lipinski definition) is 5. The van der Waals surface area contributed by atoms with Crippen molar-refractivity contribution in [3.8, 4) is 0 Å². The van der Waals surface area contributed by atoms with E-state index in [-0.39, 0.29) is 23.2 Å². The number of nitrogens with zero attached hydrogens (tertiary/aromatic N) is 2. The van der Waals surface area contributed by atoms with Crippen molar-refractivity contribution in [3.05, 3.63) is 29.8 Å². The van der Waals surface area contributed by atoms with E-state index in [0.717, 1.165) is 12.1 Å². The fourth-order valence-corrected chi connectivity index (χ4v) is 7.74. The molecule has 3 rings (SSSR count). The fraction of sp³-hybridized carbons (Fsp3) is 0.684. The molecule has 0 saturated carbocycles. The van der Waals surface area contributed by atoms with Crippen molar-refractivity contribution in [3.63, 3.8) is 0 Å². The van der Waals surface area contributed by atoms with Crippen LogP contribution in [0.4, 0.5) is 0 Å². The van der Waals surface area contributed by atoms with E-state index in [9.17, 15) is 16.8 Å². The molecular weight excluding hydrogens is 384 g/mol. The van der Waals surface area contributed by atoms with Gasteiger partial charge in [-0.15, -0.1) is 0 Å². The van der Waals surface area contributed by atoms with Crippen LogP contribution in [-0.2, 0) is 19.9 Å². The Hall–Kier alpha value is -0.960. The molecule has 2 fully saturated rings. The van der Waals surface area contributed by atoms with E-state index in [1.54, 1.807) is 24.3 Å². The minimum absolute atomic E-state index is 0.0932. The smallest absolute Gasteiger partial charge is 0.243 e. The van der Waals surface area contributed by atoms with E-state index < -0.39 is 25.1 Å². The Labute approximate surface area is 163 Å². The monoisotopic (exact) mass is 414 g/mol. The Balaban J connectivity index is 1.85. The molecule has 1 aromatic carbocycles. The van der Waals surface area contributed by atoms with Gasteiger partial charge in [-0.05, 0) is 37.8 Å². The highest BCUT2D eigenvalue weighted by molar-refractivity contribution is 7.92. The van der Waals surface area contributed by atoms with Gasteiger partial charge in [0.1, 0.15) is 0 Å².